The molecule has 1 heterocycles. The molecule has 0 saturated heterocycles. The summed E-state index contributed by atoms with van der Waals surface area (Å²) >= 11 is 0. The van der Waals surface area contributed by atoms with Crippen LogP contribution in [0.2, 0.25) is 0 Å². The first-order chi connectivity index (χ1) is 17.0. The highest BCUT2D eigenvalue weighted by Crippen LogP contribution is 2.26. The predicted molar refractivity (Wildman–Crippen MR) is 132 cm³/mol. The third-order valence-corrected chi connectivity index (χ3v) is 6.56. The van der Waals surface area contributed by atoms with Gasteiger partial charge in [0.05, 0.1) is 6.04 Å². The maximum Gasteiger partial charge on any atom is 0.303 e. The molecule has 3 rings (SSSR count). The van der Waals surface area contributed by atoms with Gasteiger partial charge >= 0.3 is 5.97 Å². The molecular weight excluding hydrogens is 464 g/mol. The molecule has 2 aromatic rings. The zero-order valence-electron chi connectivity index (χ0n) is 20.4. The molecule has 0 aliphatic carbocycles. The average molecular weight is 497 g/mol. The number of phenols is 1. The summed E-state index contributed by atoms with van der Waals surface area (Å²) in [7, 11) is 0. The number of carboxylic acid groups (broad SMARTS) is 1. The van der Waals surface area contributed by atoms with Crippen LogP contribution in [0, 0.1) is 13.8 Å². The van der Waals surface area contributed by atoms with E-state index >= 15 is 0 Å². The minimum atomic E-state index is -1.18. The van der Waals surface area contributed by atoms with E-state index in [9.17, 15) is 24.3 Å². The lowest BCUT2D eigenvalue weighted by atomic mass is 9.91. The molecule has 0 bridgehead atoms. The molecule has 1 aliphatic heterocycles. The number of aryl methyl sites for hydroxylation is 2. The minimum absolute atomic E-state index is 0.130. The topological polar surface area (TPSA) is 176 Å². The molecule has 36 heavy (non-hydrogen) atoms. The largest absolute Gasteiger partial charge is 0.508 e. The van der Waals surface area contributed by atoms with Crippen molar-refractivity contribution in [1.82, 2.24) is 10.2 Å². The lowest BCUT2D eigenvalue weighted by Gasteiger charge is -2.38. The smallest absolute Gasteiger partial charge is 0.303 e. The molecule has 0 fully saturated rings. The quantitative estimate of drug-likeness (QED) is 0.339. The van der Waals surface area contributed by atoms with E-state index in [0.29, 0.717) is 0 Å². The van der Waals surface area contributed by atoms with Gasteiger partial charge in [-0.05, 0) is 66.6 Å². The summed E-state index contributed by atoms with van der Waals surface area (Å²) in [6.07, 6.45) is -0.0826. The standard InChI is InChI=1S/C26H32N4O6/c1-14-9-18(31)10-15(2)19(14)12-20(27)26(36)30-13-17-6-4-3-5-16(17)11-22(30)25(35)29-21(24(28)34)7-8-23(32)33/h3-6,9-10,20-22,31H,7-8,11-13,27H2,1-2H3,(H2,28,34)(H,29,35)(H,32,33)/t20-,21-,22?/m0/s1. The first-order valence-corrected chi connectivity index (χ1v) is 11.7. The molecule has 7 N–H and O–H groups in total. The Morgan fingerprint density at radius 2 is 1.72 bits per heavy atom. The van der Waals surface area contributed by atoms with Crippen LogP contribution in [0.25, 0.3) is 0 Å². The van der Waals surface area contributed by atoms with Gasteiger partial charge in [0.2, 0.25) is 17.7 Å². The van der Waals surface area contributed by atoms with Crippen LogP contribution in [0.4, 0.5) is 0 Å². The van der Waals surface area contributed by atoms with E-state index in [-0.39, 0.29) is 38.0 Å². The van der Waals surface area contributed by atoms with E-state index in [1.54, 1.807) is 12.1 Å². The number of benzene rings is 2. The SMILES string of the molecule is Cc1cc(O)cc(C)c1C[C@H](N)C(=O)N1Cc2ccccc2CC1C(=O)N[C@@H](CCC(=O)O)C(N)=O. The number of nitrogens with two attached hydrogens (primary N) is 2. The molecule has 0 spiro atoms. The fourth-order valence-electron chi connectivity index (χ4n) is 4.62. The van der Waals surface area contributed by atoms with E-state index in [2.05, 4.69) is 5.32 Å². The van der Waals surface area contributed by atoms with Crippen molar-refractivity contribution in [3.8, 4) is 5.75 Å². The van der Waals surface area contributed by atoms with Gasteiger partial charge < -0.3 is 31.9 Å². The molecule has 1 aliphatic rings. The highest BCUT2D eigenvalue weighted by molar-refractivity contribution is 5.93. The highest BCUT2D eigenvalue weighted by Gasteiger charge is 2.37. The van der Waals surface area contributed by atoms with Crippen molar-refractivity contribution in [3.05, 3.63) is 64.2 Å². The van der Waals surface area contributed by atoms with Crippen LogP contribution in [0.5, 0.6) is 5.75 Å². The molecule has 0 radical (unpaired) electrons. The number of hydrogen-bond donors (Lipinski definition) is 5. The monoisotopic (exact) mass is 496 g/mol. The average Bonchev–Trinajstić information content (AvgIpc) is 2.81. The Bertz CT molecular complexity index is 1160. The maximum absolute atomic E-state index is 13.6. The molecule has 3 amide bonds. The number of carbonyl (C=O) groups is 4. The fourth-order valence-corrected chi connectivity index (χ4v) is 4.62. The van der Waals surface area contributed by atoms with Crippen LogP contribution in [0.3, 0.4) is 0 Å². The number of carboxylic acids is 1. The summed E-state index contributed by atoms with van der Waals surface area (Å²) in [6.45, 7) is 3.81. The van der Waals surface area contributed by atoms with E-state index in [4.69, 9.17) is 16.6 Å². The fraction of sp³-hybridized carbons (Fsp3) is 0.385. The Hall–Kier alpha value is -3.92. The van der Waals surface area contributed by atoms with Gasteiger partial charge in [-0.3, -0.25) is 19.2 Å². The number of rotatable bonds is 9. The second-order valence-electron chi connectivity index (χ2n) is 9.22. The van der Waals surface area contributed by atoms with Gasteiger partial charge in [-0.15, -0.1) is 0 Å². The first-order valence-electron chi connectivity index (χ1n) is 11.7. The Morgan fingerprint density at radius 3 is 2.31 bits per heavy atom. The number of carbonyl (C=O) groups excluding carboxylic acids is 3. The summed E-state index contributed by atoms with van der Waals surface area (Å²) in [5, 5.41) is 21.3. The zero-order chi connectivity index (χ0) is 26.6. The summed E-state index contributed by atoms with van der Waals surface area (Å²) in [5.41, 5.74) is 15.9. The Balaban J connectivity index is 1.85. The number of amides is 3. The van der Waals surface area contributed by atoms with Crippen molar-refractivity contribution in [3.63, 3.8) is 0 Å². The van der Waals surface area contributed by atoms with Gasteiger partial charge in [-0.1, -0.05) is 24.3 Å². The normalized spacial score (nSPS) is 16.5. The highest BCUT2D eigenvalue weighted by atomic mass is 16.4. The number of primary amides is 1. The van der Waals surface area contributed by atoms with Crippen LogP contribution in [0.1, 0.15) is 40.7 Å². The zero-order valence-corrected chi connectivity index (χ0v) is 20.4. The van der Waals surface area contributed by atoms with Crippen molar-refractivity contribution in [1.29, 1.82) is 0 Å². The van der Waals surface area contributed by atoms with Crippen molar-refractivity contribution < 1.29 is 29.4 Å². The molecule has 0 saturated carbocycles. The van der Waals surface area contributed by atoms with Gasteiger partial charge in [0.1, 0.15) is 17.8 Å². The summed E-state index contributed by atoms with van der Waals surface area (Å²) in [5.74, 6) is -2.88. The predicted octanol–water partition coefficient (Wildman–Crippen LogP) is 0.667. The van der Waals surface area contributed by atoms with Crippen LogP contribution in [0.15, 0.2) is 36.4 Å². The van der Waals surface area contributed by atoms with Crippen LogP contribution < -0.4 is 16.8 Å². The molecule has 1 unspecified atom stereocenters. The second-order valence-corrected chi connectivity index (χ2v) is 9.22. The lowest BCUT2D eigenvalue weighted by Crippen LogP contribution is -2.59. The van der Waals surface area contributed by atoms with Gasteiger partial charge in [-0.2, -0.15) is 0 Å². The van der Waals surface area contributed by atoms with Crippen molar-refractivity contribution in [2.75, 3.05) is 0 Å². The second kappa shape index (κ2) is 11.2. The number of aromatic hydroxyl groups is 1. The van der Waals surface area contributed by atoms with Gasteiger partial charge in [-0.25, -0.2) is 0 Å². The minimum Gasteiger partial charge on any atom is -0.508 e. The van der Waals surface area contributed by atoms with Crippen LogP contribution >= 0.6 is 0 Å². The molecule has 2 aromatic carbocycles. The number of phenolic OH excluding ortho intramolecular Hbond substituents is 1. The van der Waals surface area contributed by atoms with Crippen LogP contribution in [-0.4, -0.2) is 56.9 Å². The summed E-state index contributed by atoms with van der Waals surface area (Å²) < 4.78 is 0. The number of fused-ring (bicyclic) bond motifs is 1. The first kappa shape index (κ1) is 26.7. The Labute approximate surface area is 209 Å². The molecule has 192 valence electrons. The van der Waals surface area contributed by atoms with Crippen molar-refractivity contribution in [2.45, 2.75) is 64.2 Å². The number of aliphatic carboxylic acids is 1. The van der Waals surface area contributed by atoms with E-state index < -0.39 is 41.8 Å². The third kappa shape index (κ3) is 6.19. The third-order valence-electron chi connectivity index (χ3n) is 6.56. The van der Waals surface area contributed by atoms with Crippen molar-refractivity contribution in [2.24, 2.45) is 11.5 Å². The number of nitrogens with one attached hydrogen (secondary N) is 1. The molecule has 10 heteroatoms. The summed E-state index contributed by atoms with van der Waals surface area (Å²) in [6, 6.07) is 7.56. The van der Waals surface area contributed by atoms with Gasteiger partial charge in [0.25, 0.3) is 0 Å². The van der Waals surface area contributed by atoms with Gasteiger partial charge in [0.15, 0.2) is 0 Å². The van der Waals surface area contributed by atoms with Crippen molar-refractivity contribution >= 4 is 23.7 Å². The summed E-state index contributed by atoms with van der Waals surface area (Å²) in [4.78, 5) is 51.0. The molecule has 3 atom stereocenters. The van der Waals surface area contributed by atoms with E-state index in [1.807, 2.05) is 38.1 Å². The van der Waals surface area contributed by atoms with E-state index in [0.717, 1.165) is 27.8 Å². The van der Waals surface area contributed by atoms with Gasteiger partial charge in [0, 0.05) is 19.4 Å². The molecule has 0 aromatic heterocycles. The lowest BCUT2D eigenvalue weighted by molar-refractivity contribution is -0.143. The number of nitrogens with zero attached hydrogens (tertiary/aromatic N) is 1. The maximum atomic E-state index is 13.6. The number of hydrogen-bond acceptors (Lipinski definition) is 6. The van der Waals surface area contributed by atoms with E-state index in [1.165, 1.54) is 4.90 Å². The van der Waals surface area contributed by atoms with Crippen LogP contribution in [-0.2, 0) is 38.6 Å². The Morgan fingerprint density at radius 1 is 1.11 bits per heavy atom. The Kier molecular flexibility index (Phi) is 8.31. The molecular formula is C26H32N4O6. The molecule has 10 nitrogen and oxygen atoms in total.